The molecule has 1 heterocycles. The fourth-order valence-electron chi connectivity index (χ4n) is 1.55. The van der Waals surface area contributed by atoms with Crippen LogP contribution >= 0.6 is 0 Å². The molecule has 0 aliphatic carbocycles. The lowest BCUT2D eigenvalue weighted by Crippen LogP contribution is -2.09. The number of aliphatic hydroxyl groups excluding tert-OH is 1. The van der Waals surface area contributed by atoms with Gasteiger partial charge in [-0.2, -0.15) is 4.99 Å². The summed E-state index contributed by atoms with van der Waals surface area (Å²) in [5.74, 6) is -0.324. The van der Waals surface area contributed by atoms with E-state index < -0.39 is 11.7 Å². The van der Waals surface area contributed by atoms with Gasteiger partial charge in [0, 0.05) is 0 Å². The normalized spacial score (nSPS) is 11.1. The predicted molar refractivity (Wildman–Crippen MR) is 70.2 cm³/mol. The third kappa shape index (κ3) is 2.83. The van der Waals surface area contributed by atoms with Crippen LogP contribution in [-0.4, -0.2) is 35.7 Å². The number of hydrogen-bond donors (Lipinski definition) is 2. The van der Waals surface area contributed by atoms with Crippen LogP contribution in [0.5, 0.6) is 5.75 Å². The van der Waals surface area contributed by atoms with Gasteiger partial charge in [0.15, 0.2) is 0 Å². The summed E-state index contributed by atoms with van der Waals surface area (Å²) in [4.78, 5) is 26.1. The SMILES string of the molecule is O=C(/N=C/c1c(O)c2ccccc2oc1=O)OCCO. The molecule has 0 aliphatic heterocycles. The van der Waals surface area contributed by atoms with Crippen molar-refractivity contribution in [2.75, 3.05) is 13.2 Å². The molecule has 1 aromatic carbocycles. The van der Waals surface area contributed by atoms with Gasteiger partial charge in [0.1, 0.15) is 23.5 Å². The maximum Gasteiger partial charge on any atom is 0.433 e. The number of ether oxygens (including phenoxy) is 1. The maximum absolute atomic E-state index is 11.7. The number of hydrogen-bond acceptors (Lipinski definition) is 6. The molecule has 0 atom stereocenters. The third-order valence-corrected chi connectivity index (χ3v) is 2.44. The molecule has 1 aromatic heterocycles. The lowest BCUT2D eigenvalue weighted by Gasteiger charge is -2.02. The summed E-state index contributed by atoms with van der Waals surface area (Å²) in [7, 11) is 0. The fourth-order valence-corrected chi connectivity index (χ4v) is 1.55. The second-order valence-electron chi connectivity index (χ2n) is 3.74. The zero-order valence-electron chi connectivity index (χ0n) is 10.3. The van der Waals surface area contributed by atoms with Crippen LogP contribution in [0.1, 0.15) is 5.56 Å². The van der Waals surface area contributed by atoms with Crippen molar-refractivity contribution in [1.29, 1.82) is 0 Å². The number of para-hydroxylation sites is 1. The molecular formula is C13H11NO6. The number of rotatable bonds is 3. The minimum Gasteiger partial charge on any atom is -0.506 e. The van der Waals surface area contributed by atoms with Gasteiger partial charge in [0.2, 0.25) is 0 Å². The Morgan fingerprint density at radius 1 is 1.40 bits per heavy atom. The van der Waals surface area contributed by atoms with Crippen LogP contribution in [0.3, 0.4) is 0 Å². The Morgan fingerprint density at radius 3 is 2.90 bits per heavy atom. The average molecular weight is 277 g/mol. The molecule has 0 unspecified atom stereocenters. The first-order chi connectivity index (χ1) is 9.63. The summed E-state index contributed by atoms with van der Waals surface area (Å²) < 4.78 is 9.47. The van der Waals surface area contributed by atoms with E-state index in [1.165, 1.54) is 6.07 Å². The van der Waals surface area contributed by atoms with Crippen LogP contribution in [0.2, 0.25) is 0 Å². The molecule has 7 heteroatoms. The van der Waals surface area contributed by atoms with Crippen molar-refractivity contribution in [3.05, 3.63) is 40.2 Å². The first kappa shape index (κ1) is 13.8. The van der Waals surface area contributed by atoms with Gasteiger partial charge in [-0.25, -0.2) is 9.59 Å². The van der Waals surface area contributed by atoms with Gasteiger partial charge in [0.25, 0.3) is 0 Å². The van der Waals surface area contributed by atoms with E-state index in [9.17, 15) is 14.7 Å². The lowest BCUT2D eigenvalue weighted by molar-refractivity contribution is 0.128. The lowest BCUT2D eigenvalue weighted by atomic mass is 10.1. The molecule has 0 saturated carbocycles. The number of aliphatic imine (C=N–C) groups is 1. The molecule has 104 valence electrons. The number of carbonyl (C=O) groups is 1. The standard InChI is InChI=1S/C13H11NO6/c15-5-6-19-13(18)14-7-9-11(16)8-3-1-2-4-10(8)20-12(9)17/h1-4,7,15-16H,5-6H2/b14-7+. The minimum atomic E-state index is -0.981. The number of benzene rings is 1. The quantitative estimate of drug-likeness (QED) is 0.641. The third-order valence-electron chi connectivity index (χ3n) is 2.44. The van der Waals surface area contributed by atoms with E-state index in [1.807, 2.05) is 0 Å². The second-order valence-corrected chi connectivity index (χ2v) is 3.74. The van der Waals surface area contributed by atoms with E-state index in [4.69, 9.17) is 9.52 Å². The number of fused-ring (bicyclic) bond motifs is 1. The highest BCUT2D eigenvalue weighted by Gasteiger charge is 2.12. The molecule has 0 aliphatic rings. The van der Waals surface area contributed by atoms with Crippen molar-refractivity contribution in [2.45, 2.75) is 0 Å². The Bertz CT molecular complexity index is 718. The molecule has 2 N–H and O–H groups in total. The van der Waals surface area contributed by atoms with Crippen LogP contribution in [0.4, 0.5) is 4.79 Å². The highest BCUT2D eigenvalue weighted by atomic mass is 16.6. The van der Waals surface area contributed by atoms with Crippen molar-refractivity contribution in [2.24, 2.45) is 4.99 Å². The first-order valence-electron chi connectivity index (χ1n) is 5.70. The molecule has 0 radical (unpaired) electrons. The molecule has 0 fully saturated rings. The average Bonchev–Trinajstić information content (AvgIpc) is 2.45. The van der Waals surface area contributed by atoms with Gasteiger partial charge >= 0.3 is 11.7 Å². The number of aliphatic hydroxyl groups is 1. The van der Waals surface area contributed by atoms with E-state index in [2.05, 4.69) is 9.73 Å². The Balaban J connectivity index is 2.37. The summed E-state index contributed by atoms with van der Waals surface area (Å²) in [6, 6.07) is 6.42. The van der Waals surface area contributed by atoms with Gasteiger partial charge in [-0.3, -0.25) is 0 Å². The summed E-state index contributed by atoms with van der Waals surface area (Å²) in [5.41, 5.74) is -0.834. The van der Waals surface area contributed by atoms with E-state index in [1.54, 1.807) is 18.2 Å². The number of nitrogens with zero attached hydrogens (tertiary/aromatic N) is 1. The summed E-state index contributed by atoms with van der Waals surface area (Å²) in [6.45, 7) is -0.529. The molecule has 0 saturated heterocycles. The minimum absolute atomic E-state index is 0.200. The molecule has 1 amide bonds. The number of aromatic hydroxyl groups is 1. The van der Waals surface area contributed by atoms with Crippen molar-refractivity contribution in [1.82, 2.24) is 0 Å². The number of carbonyl (C=O) groups excluding carboxylic acids is 1. The molecule has 2 aromatic rings. The van der Waals surface area contributed by atoms with Crippen LogP contribution in [0, 0.1) is 0 Å². The topological polar surface area (TPSA) is 109 Å². The van der Waals surface area contributed by atoms with Gasteiger partial charge in [-0.05, 0) is 12.1 Å². The van der Waals surface area contributed by atoms with E-state index in [-0.39, 0.29) is 30.1 Å². The fraction of sp³-hybridized carbons (Fsp3) is 0.154. The molecule has 20 heavy (non-hydrogen) atoms. The van der Waals surface area contributed by atoms with Gasteiger partial charge in [-0.15, -0.1) is 0 Å². The van der Waals surface area contributed by atoms with Crippen molar-refractivity contribution >= 4 is 23.3 Å². The largest absolute Gasteiger partial charge is 0.506 e. The summed E-state index contributed by atoms with van der Waals surface area (Å²) >= 11 is 0. The zero-order chi connectivity index (χ0) is 14.5. The Hall–Kier alpha value is -2.67. The smallest absolute Gasteiger partial charge is 0.433 e. The Kier molecular flexibility index (Phi) is 4.11. The van der Waals surface area contributed by atoms with Crippen molar-refractivity contribution in [3.63, 3.8) is 0 Å². The molecule has 7 nitrogen and oxygen atoms in total. The predicted octanol–water partition coefficient (Wildman–Crippen LogP) is 1.05. The van der Waals surface area contributed by atoms with Crippen molar-refractivity contribution < 1.29 is 24.2 Å². The highest BCUT2D eigenvalue weighted by Crippen LogP contribution is 2.24. The molecular weight excluding hydrogens is 266 g/mol. The monoisotopic (exact) mass is 277 g/mol. The van der Waals surface area contributed by atoms with Crippen LogP contribution in [0.15, 0.2) is 38.5 Å². The maximum atomic E-state index is 11.7. The molecule has 2 rings (SSSR count). The second kappa shape index (κ2) is 5.98. The summed E-state index contributed by atoms with van der Waals surface area (Å²) in [6.07, 6.45) is -0.112. The Labute approximate surface area is 112 Å². The molecule has 0 bridgehead atoms. The Morgan fingerprint density at radius 2 is 2.15 bits per heavy atom. The van der Waals surface area contributed by atoms with Crippen LogP contribution in [0.25, 0.3) is 11.0 Å². The van der Waals surface area contributed by atoms with Crippen molar-refractivity contribution in [3.8, 4) is 5.75 Å². The summed E-state index contributed by atoms with van der Waals surface area (Å²) in [5, 5.41) is 18.8. The van der Waals surface area contributed by atoms with Gasteiger partial charge in [0.05, 0.1) is 18.2 Å². The first-order valence-corrected chi connectivity index (χ1v) is 5.70. The van der Waals surface area contributed by atoms with E-state index in [0.717, 1.165) is 6.21 Å². The zero-order valence-corrected chi connectivity index (χ0v) is 10.3. The van der Waals surface area contributed by atoms with Gasteiger partial charge < -0.3 is 19.4 Å². The molecule has 0 spiro atoms. The van der Waals surface area contributed by atoms with Crippen LogP contribution < -0.4 is 5.63 Å². The highest BCUT2D eigenvalue weighted by molar-refractivity contribution is 5.96. The van der Waals surface area contributed by atoms with Gasteiger partial charge in [-0.1, -0.05) is 12.1 Å². The van der Waals surface area contributed by atoms with Crippen LogP contribution in [-0.2, 0) is 4.74 Å². The van der Waals surface area contributed by atoms with E-state index >= 15 is 0 Å². The number of amides is 1. The van der Waals surface area contributed by atoms with E-state index in [0.29, 0.717) is 5.39 Å².